The van der Waals surface area contributed by atoms with Crippen LogP contribution in [0.5, 0.6) is 11.5 Å². The fraction of sp³-hybridized carbons (Fsp3) is 0.143. The Morgan fingerprint density at radius 1 is 1.33 bits per heavy atom. The Balaban J connectivity index is 1.99. The van der Waals surface area contributed by atoms with Gasteiger partial charge in [0.15, 0.2) is 18.1 Å². The van der Waals surface area contributed by atoms with Crippen molar-refractivity contribution in [1.29, 1.82) is 0 Å². The predicted octanol–water partition coefficient (Wildman–Crippen LogP) is 2.48. The molecule has 1 heterocycles. The summed E-state index contributed by atoms with van der Waals surface area (Å²) in [6.45, 7) is 1.43. The number of aryl methyl sites for hydroxylation is 1. The van der Waals surface area contributed by atoms with E-state index < -0.39 is 11.9 Å². The Labute approximate surface area is 124 Å². The van der Waals surface area contributed by atoms with E-state index in [0.717, 1.165) is 4.88 Å². The van der Waals surface area contributed by atoms with Crippen molar-refractivity contribution in [3.63, 3.8) is 0 Å². The van der Waals surface area contributed by atoms with Crippen LogP contribution in [0.1, 0.15) is 15.2 Å². The van der Waals surface area contributed by atoms with Crippen molar-refractivity contribution >= 4 is 28.2 Å². The number of anilines is 1. The molecule has 0 saturated carbocycles. The summed E-state index contributed by atoms with van der Waals surface area (Å²) in [4.78, 5) is 23.6. The summed E-state index contributed by atoms with van der Waals surface area (Å²) in [6.07, 6.45) is 0. The maximum absolute atomic E-state index is 11.8. The van der Waals surface area contributed by atoms with Crippen LogP contribution < -0.4 is 10.1 Å². The maximum atomic E-state index is 11.8. The summed E-state index contributed by atoms with van der Waals surface area (Å²) in [7, 11) is 0. The molecule has 0 aliphatic rings. The Kier molecular flexibility index (Phi) is 4.44. The summed E-state index contributed by atoms with van der Waals surface area (Å²) in [5, 5.41) is 21.3. The van der Waals surface area contributed by atoms with E-state index in [0.29, 0.717) is 0 Å². The number of hydrogen-bond acceptors (Lipinski definition) is 5. The van der Waals surface area contributed by atoms with Crippen LogP contribution >= 0.6 is 11.3 Å². The van der Waals surface area contributed by atoms with E-state index in [1.54, 1.807) is 19.1 Å². The lowest BCUT2D eigenvalue weighted by Crippen LogP contribution is -2.20. The van der Waals surface area contributed by atoms with Gasteiger partial charge in [-0.25, -0.2) is 4.79 Å². The summed E-state index contributed by atoms with van der Waals surface area (Å²) in [5.41, 5.74) is 0.0495. The number of ether oxygens (including phenoxy) is 1. The molecule has 0 radical (unpaired) electrons. The molecule has 0 spiro atoms. The number of carboxylic acids is 1. The summed E-state index contributed by atoms with van der Waals surface area (Å²) in [5.74, 6) is -1.48. The van der Waals surface area contributed by atoms with Crippen molar-refractivity contribution in [2.24, 2.45) is 0 Å². The lowest BCUT2D eigenvalue weighted by molar-refractivity contribution is -0.118. The van der Waals surface area contributed by atoms with Crippen molar-refractivity contribution in [2.75, 3.05) is 11.9 Å². The maximum Gasteiger partial charge on any atom is 0.338 e. The number of rotatable bonds is 5. The zero-order valence-corrected chi connectivity index (χ0v) is 11.9. The SMILES string of the molecule is Cc1cc(C(=O)O)c(NC(=O)COc2ccccc2O)s1. The highest BCUT2D eigenvalue weighted by Crippen LogP contribution is 2.28. The Bertz CT molecular complexity index is 680. The number of thiophene rings is 1. The summed E-state index contributed by atoms with van der Waals surface area (Å²) in [6, 6.07) is 7.76. The zero-order chi connectivity index (χ0) is 15.4. The highest BCUT2D eigenvalue weighted by Gasteiger charge is 2.16. The molecule has 7 heteroatoms. The van der Waals surface area contributed by atoms with E-state index in [-0.39, 0.29) is 28.7 Å². The lowest BCUT2D eigenvalue weighted by Gasteiger charge is -2.08. The monoisotopic (exact) mass is 307 g/mol. The van der Waals surface area contributed by atoms with Gasteiger partial charge in [-0.05, 0) is 25.1 Å². The average Bonchev–Trinajstić information content (AvgIpc) is 2.79. The normalized spacial score (nSPS) is 10.1. The molecule has 1 aromatic carbocycles. The Morgan fingerprint density at radius 2 is 2.05 bits per heavy atom. The molecule has 3 N–H and O–H groups in total. The quantitative estimate of drug-likeness (QED) is 0.788. The molecular formula is C14H13NO5S. The van der Waals surface area contributed by atoms with E-state index in [9.17, 15) is 14.7 Å². The molecule has 0 unspecified atom stereocenters. The first-order valence-electron chi connectivity index (χ1n) is 6.01. The number of phenolic OH excluding ortho intramolecular Hbond substituents is 1. The Hall–Kier alpha value is -2.54. The van der Waals surface area contributed by atoms with Gasteiger partial charge >= 0.3 is 5.97 Å². The minimum atomic E-state index is -1.10. The number of benzene rings is 1. The number of aromatic hydroxyl groups is 1. The van der Waals surface area contributed by atoms with Crippen LogP contribution in [0.15, 0.2) is 30.3 Å². The lowest BCUT2D eigenvalue weighted by atomic mass is 10.3. The topological polar surface area (TPSA) is 95.9 Å². The molecule has 2 aromatic rings. The number of phenols is 1. The molecular weight excluding hydrogens is 294 g/mol. The molecule has 0 bridgehead atoms. The number of carbonyl (C=O) groups excluding carboxylic acids is 1. The van der Waals surface area contributed by atoms with E-state index in [4.69, 9.17) is 9.84 Å². The first-order chi connectivity index (χ1) is 9.97. The van der Waals surface area contributed by atoms with Crippen molar-refractivity contribution < 1.29 is 24.5 Å². The van der Waals surface area contributed by atoms with E-state index in [1.165, 1.54) is 29.5 Å². The van der Waals surface area contributed by atoms with Gasteiger partial charge in [0.2, 0.25) is 0 Å². The third-order valence-corrected chi connectivity index (χ3v) is 3.53. The molecule has 21 heavy (non-hydrogen) atoms. The molecule has 2 rings (SSSR count). The molecule has 6 nitrogen and oxygen atoms in total. The summed E-state index contributed by atoms with van der Waals surface area (Å²) < 4.78 is 5.17. The Morgan fingerprint density at radius 3 is 2.71 bits per heavy atom. The first-order valence-corrected chi connectivity index (χ1v) is 6.83. The second kappa shape index (κ2) is 6.27. The minimum Gasteiger partial charge on any atom is -0.504 e. The van der Waals surface area contributed by atoms with Gasteiger partial charge < -0.3 is 20.3 Å². The fourth-order valence-electron chi connectivity index (χ4n) is 1.65. The van der Waals surface area contributed by atoms with Crippen molar-refractivity contribution in [3.8, 4) is 11.5 Å². The fourth-order valence-corrected chi connectivity index (χ4v) is 2.57. The van der Waals surface area contributed by atoms with Crippen molar-refractivity contribution in [3.05, 3.63) is 40.8 Å². The minimum absolute atomic E-state index is 0.0495. The van der Waals surface area contributed by atoms with Crippen LogP contribution in [0.4, 0.5) is 5.00 Å². The van der Waals surface area contributed by atoms with Gasteiger partial charge in [0.1, 0.15) is 5.00 Å². The molecule has 0 fully saturated rings. The number of amides is 1. The predicted molar refractivity (Wildman–Crippen MR) is 78.2 cm³/mol. The van der Waals surface area contributed by atoms with Gasteiger partial charge in [-0.3, -0.25) is 4.79 Å². The smallest absolute Gasteiger partial charge is 0.338 e. The summed E-state index contributed by atoms with van der Waals surface area (Å²) >= 11 is 1.18. The van der Waals surface area contributed by atoms with E-state index in [1.807, 2.05) is 0 Å². The second-order valence-electron chi connectivity index (χ2n) is 4.21. The highest BCUT2D eigenvalue weighted by atomic mass is 32.1. The van der Waals surface area contributed by atoms with Gasteiger partial charge in [-0.2, -0.15) is 0 Å². The van der Waals surface area contributed by atoms with Crippen LogP contribution in [0.25, 0.3) is 0 Å². The van der Waals surface area contributed by atoms with Crippen LogP contribution in [0, 0.1) is 6.92 Å². The first kappa shape index (κ1) is 14.9. The largest absolute Gasteiger partial charge is 0.504 e. The number of carbonyl (C=O) groups is 2. The molecule has 1 aromatic heterocycles. The number of carboxylic acid groups (broad SMARTS) is 1. The van der Waals surface area contributed by atoms with E-state index >= 15 is 0 Å². The number of hydrogen-bond donors (Lipinski definition) is 3. The number of aromatic carboxylic acids is 1. The van der Waals surface area contributed by atoms with Gasteiger partial charge in [0.25, 0.3) is 5.91 Å². The van der Waals surface area contributed by atoms with Gasteiger partial charge in [-0.15, -0.1) is 11.3 Å². The standard InChI is InChI=1S/C14H13NO5S/c1-8-6-9(14(18)19)13(21-8)15-12(17)7-20-11-5-3-2-4-10(11)16/h2-6,16H,7H2,1H3,(H,15,17)(H,18,19). The molecule has 0 saturated heterocycles. The number of para-hydroxylation sites is 2. The second-order valence-corrected chi connectivity index (χ2v) is 5.47. The van der Waals surface area contributed by atoms with Crippen LogP contribution in [-0.2, 0) is 4.79 Å². The average molecular weight is 307 g/mol. The highest BCUT2D eigenvalue weighted by molar-refractivity contribution is 7.16. The van der Waals surface area contributed by atoms with Gasteiger partial charge in [-0.1, -0.05) is 12.1 Å². The van der Waals surface area contributed by atoms with Crippen LogP contribution in [0.3, 0.4) is 0 Å². The number of nitrogens with one attached hydrogen (secondary N) is 1. The third-order valence-electron chi connectivity index (χ3n) is 2.56. The molecule has 0 aliphatic heterocycles. The molecule has 0 atom stereocenters. The third kappa shape index (κ3) is 3.73. The van der Waals surface area contributed by atoms with Crippen molar-refractivity contribution in [2.45, 2.75) is 6.92 Å². The molecule has 110 valence electrons. The van der Waals surface area contributed by atoms with E-state index in [2.05, 4.69) is 5.32 Å². The zero-order valence-electron chi connectivity index (χ0n) is 11.1. The molecule has 1 amide bonds. The van der Waals surface area contributed by atoms with Crippen molar-refractivity contribution in [1.82, 2.24) is 0 Å². The van der Waals surface area contributed by atoms with Gasteiger partial charge in [0.05, 0.1) is 5.56 Å². The molecule has 0 aliphatic carbocycles. The van der Waals surface area contributed by atoms with Gasteiger partial charge in [0, 0.05) is 4.88 Å². The van der Waals surface area contributed by atoms with Crippen LogP contribution in [-0.4, -0.2) is 28.7 Å². The van der Waals surface area contributed by atoms with Crippen LogP contribution in [0.2, 0.25) is 0 Å².